The molecular weight excluding hydrogens is 396 g/mol. The van der Waals surface area contributed by atoms with Gasteiger partial charge in [-0.1, -0.05) is 207 Å². The maximum absolute atomic E-state index is 4.23. The first kappa shape index (κ1) is 33.0. The minimum atomic E-state index is 0.909. The summed E-state index contributed by atoms with van der Waals surface area (Å²) in [6.07, 6.45) is 42.1. The summed E-state index contributed by atoms with van der Waals surface area (Å²) in [5, 5.41) is 0. The van der Waals surface area contributed by atoms with Crippen molar-refractivity contribution < 1.29 is 0 Å². The molecule has 0 nitrogen and oxygen atoms in total. The molecule has 0 fully saturated rings. The molecule has 1 unspecified atom stereocenters. The van der Waals surface area contributed by atoms with E-state index in [1.54, 1.807) is 0 Å². The SMILES string of the molecule is [CH2]CC(CCCCCCCCC)CCCCCCCCCCCCCCCCCCCCC. The predicted octanol–water partition coefficient (Wildman–Crippen LogP) is 12.8. The van der Waals surface area contributed by atoms with E-state index in [0.717, 1.165) is 12.3 Å². The molecule has 0 aromatic rings. The van der Waals surface area contributed by atoms with E-state index in [1.807, 2.05) is 0 Å². The second-order valence-corrected chi connectivity index (χ2v) is 11.2. The Bertz CT molecular complexity index is 320. The monoisotopic (exact) mass is 464 g/mol. The maximum atomic E-state index is 4.23. The fraction of sp³-hybridized carbons (Fsp3) is 0.970. The zero-order valence-electron chi connectivity index (χ0n) is 23.8. The van der Waals surface area contributed by atoms with Crippen LogP contribution in [-0.4, -0.2) is 0 Å². The van der Waals surface area contributed by atoms with E-state index >= 15 is 0 Å². The van der Waals surface area contributed by atoms with Gasteiger partial charge in [-0.3, -0.25) is 0 Å². The second-order valence-electron chi connectivity index (χ2n) is 11.2. The van der Waals surface area contributed by atoms with Gasteiger partial charge in [0, 0.05) is 0 Å². The molecule has 0 saturated heterocycles. The smallest absolute Gasteiger partial charge is 0.0414 e. The molecule has 0 N–H and O–H groups in total. The van der Waals surface area contributed by atoms with E-state index in [1.165, 1.54) is 180 Å². The van der Waals surface area contributed by atoms with Crippen LogP contribution >= 0.6 is 0 Å². The molecule has 0 spiro atoms. The van der Waals surface area contributed by atoms with Crippen molar-refractivity contribution >= 4 is 0 Å². The van der Waals surface area contributed by atoms with E-state index in [2.05, 4.69) is 20.8 Å². The van der Waals surface area contributed by atoms with Crippen molar-refractivity contribution in [3.05, 3.63) is 6.92 Å². The Morgan fingerprint density at radius 1 is 0.333 bits per heavy atom. The molecule has 1 atom stereocenters. The number of hydrogen-bond donors (Lipinski definition) is 0. The standard InChI is InChI=1S/C33H67/c1-4-7-9-11-13-14-15-16-17-18-19-20-21-22-23-24-26-28-30-32-33(6-3)31-29-27-25-12-10-8-5-2/h33H,3-32H2,1-2H3. The Labute approximate surface area is 212 Å². The highest BCUT2D eigenvalue weighted by Crippen LogP contribution is 2.22. The van der Waals surface area contributed by atoms with Crippen molar-refractivity contribution in [3.8, 4) is 0 Å². The predicted molar refractivity (Wildman–Crippen MR) is 154 cm³/mol. The van der Waals surface area contributed by atoms with Gasteiger partial charge in [-0.25, -0.2) is 0 Å². The van der Waals surface area contributed by atoms with Crippen LogP contribution in [0.1, 0.15) is 200 Å². The summed E-state index contributed by atoms with van der Waals surface area (Å²) in [6, 6.07) is 0. The molecule has 0 aromatic carbocycles. The van der Waals surface area contributed by atoms with E-state index in [9.17, 15) is 0 Å². The third-order valence-electron chi connectivity index (χ3n) is 7.84. The number of rotatable bonds is 29. The summed E-state index contributed by atoms with van der Waals surface area (Å²) >= 11 is 0. The molecule has 0 rings (SSSR count). The van der Waals surface area contributed by atoms with Crippen molar-refractivity contribution in [1.82, 2.24) is 0 Å². The third kappa shape index (κ3) is 28.1. The lowest BCUT2D eigenvalue weighted by Crippen LogP contribution is -1.99. The zero-order chi connectivity index (χ0) is 24.1. The molecule has 1 radical (unpaired) electrons. The highest BCUT2D eigenvalue weighted by molar-refractivity contribution is 4.62. The van der Waals surface area contributed by atoms with Crippen LogP contribution in [-0.2, 0) is 0 Å². The Morgan fingerprint density at radius 3 is 0.758 bits per heavy atom. The minimum absolute atomic E-state index is 0.909. The highest BCUT2D eigenvalue weighted by atomic mass is 14.1. The molecule has 0 amide bonds. The lowest BCUT2D eigenvalue weighted by atomic mass is 9.92. The summed E-state index contributed by atoms with van der Waals surface area (Å²) in [5.41, 5.74) is 0. The van der Waals surface area contributed by atoms with Crippen molar-refractivity contribution in [3.63, 3.8) is 0 Å². The number of hydrogen-bond acceptors (Lipinski definition) is 0. The van der Waals surface area contributed by atoms with Crippen molar-refractivity contribution in [2.24, 2.45) is 5.92 Å². The van der Waals surface area contributed by atoms with Gasteiger partial charge in [0.05, 0.1) is 0 Å². The summed E-state index contributed by atoms with van der Waals surface area (Å²) < 4.78 is 0. The largest absolute Gasteiger partial charge is 0.0654 e. The van der Waals surface area contributed by atoms with Gasteiger partial charge in [-0.2, -0.15) is 0 Å². The molecule has 0 bridgehead atoms. The second kappa shape index (κ2) is 30.0. The first-order chi connectivity index (χ1) is 16.3. The quantitative estimate of drug-likeness (QED) is 0.0967. The fourth-order valence-electron chi connectivity index (χ4n) is 5.33. The Balaban J connectivity index is 3.20. The topological polar surface area (TPSA) is 0 Å². The fourth-order valence-corrected chi connectivity index (χ4v) is 5.33. The van der Waals surface area contributed by atoms with Crippen LogP contribution < -0.4 is 0 Å². The Kier molecular flexibility index (Phi) is 30.0. The van der Waals surface area contributed by atoms with Crippen molar-refractivity contribution in [2.45, 2.75) is 200 Å². The molecule has 0 aromatic heterocycles. The Morgan fingerprint density at radius 2 is 0.545 bits per heavy atom. The molecule has 199 valence electrons. The van der Waals surface area contributed by atoms with Crippen LogP contribution in [0.5, 0.6) is 0 Å². The average molecular weight is 464 g/mol. The van der Waals surface area contributed by atoms with Crippen LogP contribution in [0, 0.1) is 12.8 Å². The van der Waals surface area contributed by atoms with Gasteiger partial charge >= 0.3 is 0 Å². The van der Waals surface area contributed by atoms with E-state index in [0.29, 0.717) is 0 Å². The van der Waals surface area contributed by atoms with Gasteiger partial charge in [0.1, 0.15) is 0 Å². The molecule has 0 aliphatic carbocycles. The van der Waals surface area contributed by atoms with Gasteiger partial charge < -0.3 is 0 Å². The molecule has 0 saturated carbocycles. The van der Waals surface area contributed by atoms with Crippen molar-refractivity contribution in [1.29, 1.82) is 0 Å². The van der Waals surface area contributed by atoms with E-state index < -0.39 is 0 Å². The summed E-state index contributed by atoms with van der Waals surface area (Å²) in [6.45, 7) is 8.84. The summed E-state index contributed by atoms with van der Waals surface area (Å²) in [4.78, 5) is 0. The van der Waals surface area contributed by atoms with Gasteiger partial charge in [0.25, 0.3) is 0 Å². The molecule has 0 heterocycles. The molecule has 33 heavy (non-hydrogen) atoms. The van der Waals surface area contributed by atoms with Gasteiger partial charge in [0.2, 0.25) is 0 Å². The first-order valence-electron chi connectivity index (χ1n) is 16.1. The zero-order valence-corrected chi connectivity index (χ0v) is 23.8. The lowest BCUT2D eigenvalue weighted by Gasteiger charge is -2.14. The van der Waals surface area contributed by atoms with Crippen LogP contribution in [0.15, 0.2) is 0 Å². The minimum Gasteiger partial charge on any atom is -0.0654 e. The lowest BCUT2D eigenvalue weighted by molar-refractivity contribution is 0.404. The van der Waals surface area contributed by atoms with E-state index in [4.69, 9.17) is 0 Å². The summed E-state index contributed by atoms with van der Waals surface area (Å²) in [7, 11) is 0. The highest BCUT2D eigenvalue weighted by Gasteiger charge is 2.06. The maximum Gasteiger partial charge on any atom is -0.0414 e. The average Bonchev–Trinajstić information content (AvgIpc) is 2.83. The van der Waals surface area contributed by atoms with Crippen molar-refractivity contribution in [2.75, 3.05) is 0 Å². The number of unbranched alkanes of at least 4 members (excludes halogenated alkanes) is 24. The molecule has 0 heteroatoms. The molecule has 0 aliphatic heterocycles. The van der Waals surface area contributed by atoms with Crippen LogP contribution in [0.3, 0.4) is 0 Å². The van der Waals surface area contributed by atoms with Crippen LogP contribution in [0.25, 0.3) is 0 Å². The van der Waals surface area contributed by atoms with E-state index in [-0.39, 0.29) is 0 Å². The third-order valence-corrected chi connectivity index (χ3v) is 7.84. The Hall–Kier alpha value is 0. The first-order valence-corrected chi connectivity index (χ1v) is 16.1. The van der Waals surface area contributed by atoms with Gasteiger partial charge in [0.15, 0.2) is 0 Å². The molecular formula is C33H67. The summed E-state index contributed by atoms with van der Waals surface area (Å²) in [5.74, 6) is 0.909. The normalized spacial score (nSPS) is 12.5. The van der Waals surface area contributed by atoms with Gasteiger partial charge in [-0.15, -0.1) is 0 Å². The molecule has 0 aliphatic rings. The van der Waals surface area contributed by atoms with Gasteiger partial charge in [-0.05, 0) is 5.92 Å². The van der Waals surface area contributed by atoms with Crippen LogP contribution in [0.2, 0.25) is 0 Å². The van der Waals surface area contributed by atoms with Crippen LogP contribution in [0.4, 0.5) is 0 Å².